The summed E-state index contributed by atoms with van der Waals surface area (Å²) >= 11 is 0. The number of benzodiazepines with no additional fused rings is 1. The molecule has 36 heavy (non-hydrogen) atoms. The molecule has 0 bridgehead atoms. The fourth-order valence-corrected chi connectivity index (χ4v) is 3.77. The predicted octanol–water partition coefficient (Wildman–Crippen LogP) is 3.83. The molecule has 0 fully saturated rings. The third kappa shape index (κ3) is 5.57. The first-order valence-electron chi connectivity index (χ1n) is 11.3. The van der Waals surface area contributed by atoms with Gasteiger partial charge in [0.05, 0.1) is 18.0 Å². The highest BCUT2D eigenvalue weighted by Crippen LogP contribution is 2.29. The topological polar surface area (TPSA) is 97.3 Å². The van der Waals surface area contributed by atoms with E-state index < -0.39 is 36.5 Å². The number of carbonyl (C=O) groups excluding carboxylic acids is 3. The van der Waals surface area contributed by atoms with E-state index in [9.17, 15) is 18.8 Å². The van der Waals surface area contributed by atoms with Crippen molar-refractivity contribution in [2.75, 3.05) is 18.1 Å². The number of nitrogens with one attached hydrogen (secondary N) is 1. The lowest BCUT2D eigenvalue weighted by Crippen LogP contribution is -2.49. The van der Waals surface area contributed by atoms with Crippen molar-refractivity contribution >= 4 is 29.4 Å². The highest BCUT2D eigenvalue weighted by molar-refractivity contribution is 6.20. The van der Waals surface area contributed by atoms with Crippen LogP contribution in [0.5, 0.6) is 0 Å². The zero-order valence-corrected chi connectivity index (χ0v) is 19.5. The molecule has 1 unspecified atom stereocenters. The Morgan fingerprint density at radius 1 is 0.944 bits per heavy atom. The predicted molar refractivity (Wildman–Crippen MR) is 131 cm³/mol. The number of hydrogen-bond acceptors (Lipinski definition) is 6. The first-order valence-corrected chi connectivity index (χ1v) is 11.3. The summed E-state index contributed by atoms with van der Waals surface area (Å²) in [6.45, 7) is 1.35. The second-order valence-electron chi connectivity index (χ2n) is 7.81. The minimum absolute atomic E-state index is 0.0236. The average molecular weight is 490 g/mol. The number of esters is 1. The van der Waals surface area contributed by atoms with E-state index in [0.717, 1.165) is 5.56 Å². The average Bonchev–Trinajstić information content (AvgIpc) is 2.99. The summed E-state index contributed by atoms with van der Waals surface area (Å²) in [4.78, 5) is 44.2. The van der Waals surface area contributed by atoms with Crippen LogP contribution in [0.1, 0.15) is 23.6 Å². The molecule has 1 aliphatic rings. The third-order valence-electron chi connectivity index (χ3n) is 5.40. The van der Waals surface area contributed by atoms with Crippen molar-refractivity contribution < 1.29 is 28.2 Å². The number of alkyl carbamates (subject to hydrolysis) is 1. The summed E-state index contributed by atoms with van der Waals surface area (Å²) in [6, 6.07) is 21.7. The van der Waals surface area contributed by atoms with Crippen LogP contribution in [-0.4, -0.2) is 43.0 Å². The summed E-state index contributed by atoms with van der Waals surface area (Å²) in [5.74, 6) is -1.89. The number of halogens is 1. The Kier molecular flexibility index (Phi) is 7.69. The number of aliphatic imine (C=N–C) groups is 1. The molecule has 1 N–H and O–H groups in total. The van der Waals surface area contributed by atoms with Gasteiger partial charge in [-0.25, -0.2) is 14.2 Å². The van der Waals surface area contributed by atoms with Crippen molar-refractivity contribution in [3.63, 3.8) is 0 Å². The number of benzene rings is 3. The SMILES string of the molecule is CCOC(=O)CN1C(=O)C(NC(=O)OCc2ccccc2)N=C(c2ccccc2F)c2ccccc21. The zero-order valence-electron chi connectivity index (χ0n) is 19.5. The number of amides is 2. The number of fused-ring (bicyclic) bond motifs is 1. The monoisotopic (exact) mass is 489 g/mol. The Labute approximate surface area is 207 Å². The second-order valence-corrected chi connectivity index (χ2v) is 7.81. The summed E-state index contributed by atoms with van der Waals surface area (Å²) in [5.41, 5.74) is 1.80. The molecule has 4 rings (SSSR count). The highest BCUT2D eigenvalue weighted by atomic mass is 19.1. The van der Waals surface area contributed by atoms with E-state index in [1.54, 1.807) is 61.5 Å². The lowest BCUT2D eigenvalue weighted by molar-refractivity contribution is -0.142. The van der Waals surface area contributed by atoms with Crippen molar-refractivity contribution in [2.24, 2.45) is 4.99 Å². The van der Waals surface area contributed by atoms with E-state index in [4.69, 9.17) is 9.47 Å². The van der Waals surface area contributed by atoms with E-state index in [0.29, 0.717) is 11.3 Å². The maximum atomic E-state index is 14.8. The van der Waals surface area contributed by atoms with Gasteiger partial charge in [-0.3, -0.25) is 19.8 Å². The van der Waals surface area contributed by atoms with Gasteiger partial charge in [0.15, 0.2) is 0 Å². The molecule has 2 amide bonds. The van der Waals surface area contributed by atoms with Gasteiger partial charge in [-0.15, -0.1) is 0 Å². The van der Waals surface area contributed by atoms with Crippen LogP contribution in [0.4, 0.5) is 14.9 Å². The van der Waals surface area contributed by atoms with Crippen molar-refractivity contribution in [3.8, 4) is 0 Å². The van der Waals surface area contributed by atoms with Crippen LogP contribution in [0.25, 0.3) is 0 Å². The van der Waals surface area contributed by atoms with Gasteiger partial charge in [0.2, 0.25) is 6.17 Å². The molecule has 1 aliphatic heterocycles. The first-order chi connectivity index (χ1) is 17.5. The Bertz CT molecular complexity index is 1300. The van der Waals surface area contributed by atoms with Crippen LogP contribution < -0.4 is 10.2 Å². The van der Waals surface area contributed by atoms with Crippen LogP contribution in [-0.2, 0) is 25.7 Å². The van der Waals surface area contributed by atoms with Gasteiger partial charge in [-0.2, -0.15) is 0 Å². The summed E-state index contributed by atoms with van der Waals surface area (Å²) in [7, 11) is 0. The minimum atomic E-state index is -1.48. The van der Waals surface area contributed by atoms with E-state index in [2.05, 4.69) is 10.3 Å². The van der Waals surface area contributed by atoms with Gasteiger partial charge in [0.25, 0.3) is 5.91 Å². The summed E-state index contributed by atoms with van der Waals surface area (Å²) in [5, 5.41) is 2.45. The van der Waals surface area contributed by atoms with Gasteiger partial charge in [-0.05, 0) is 30.7 Å². The van der Waals surface area contributed by atoms with Gasteiger partial charge in [-0.1, -0.05) is 60.7 Å². The molecule has 0 aliphatic carbocycles. The number of anilines is 1. The molecule has 0 saturated heterocycles. The van der Waals surface area contributed by atoms with Gasteiger partial charge >= 0.3 is 12.1 Å². The molecule has 3 aromatic carbocycles. The smallest absolute Gasteiger partial charge is 0.409 e. The molecule has 184 valence electrons. The standard InChI is InChI=1S/C27H24FN3O5/c1-2-35-23(32)16-31-22-15-9-7-13-20(22)24(19-12-6-8-14-21(19)28)29-25(26(31)33)30-27(34)36-17-18-10-4-3-5-11-18/h3-15,25H,2,16-17H2,1H3,(H,30,34). The quantitative estimate of drug-likeness (QED) is 0.509. The number of carbonyl (C=O) groups is 3. The normalized spacial score (nSPS) is 14.8. The Morgan fingerprint density at radius 3 is 2.33 bits per heavy atom. The van der Waals surface area contributed by atoms with E-state index in [-0.39, 0.29) is 24.5 Å². The van der Waals surface area contributed by atoms with Crippen molar-refractivity contribution in [1.29, 1.82) is 0 Å². The lowest BCUT2D eigenvalue weighted by Gasteiger charge is -2.24. The van der Waals surface area contributed by atoms with E-state index in [1.165, 1.54) is 23.1 Å². The number of ether oxygens (including phenoxy) is 2. The number of para-hydroxylation sites is 1. The van der Waals surface area contributed by atoms with Crippen LogP contribution in [0.3, 0.4) is 0 Å². The van der Waals surface area contributed by atoms with Gasteiger partial charge < -0.3 is 9.47 Å². The molecule has 0 radical (unpaired) electrons. The molecule has 9 heteroatoms. The number of rotatable bonds is 7. The van der Waals surface area contributed by atoms with Crippen LogP contribution in [0.15, 0.2) is 83.9 Å². The van der Waals surface area contributed by atoms with Crippen molar-refractivity contribution in [1.82, 2.24) is 5.32 Å². The van der Waals surface area contributed by atoms with Crippen molar-refractivity contribution in [2.45, 2.75) is 19.7 Å². The first kappa shape index (κ1) is 24.6. The lowest BCUT2D eigenvalue weighted by atomic mass is 10.00. The fraction of sp³-hybridized carbons (Fsp3) is 0.185. The molecular formula is C27H24FN3O5. The molecular weight excluding hydrogens is 465 g/mol. The largest absolute Gasteiger partial charge is 0.465 e. The molecule has 1 atom stereocenters. The molecule has 0 aromatic heterocycles. The minimum Gasteiger partial charge on any atom is -0.465 e. The molecule has 0 spiro atoms. The van der Waals surface area contributed by atoms with Gasteiger partial charge in [0.1, 0.15) is 19.0 Å². The van der Waals surface area contributed by atoms with Crippen molar-refractivity contribution in [3.05, 3.63) is 101 Å². The second kappa shape index (κ2) is 11.3. The number of hydrogen-bond donors (Lipinski definition) is 1. The maximum absolute atomic E-state index is 14.8. The maximum Gasteiger partial charge on any atom is 0.409 e. The summed E-state index contributed by atoms with van der Waals surface area (Å²) in [6.07, 6.45) is -2.37. The zero-order chi connectivity index (χ0) is 25.5. The molecule has 0 saturated carbocycles. The van der Waals surface area contributed by atoms with E-state index in [1.807, 2.05) is 6.07 Å². The van der Waals surface area contributed by atoms with Gasteiger partial charge in [0, 0.05) is 11.1 Å². The molecule has 1 heterocycles. The molecule has 8 nitrogen and oxygen atoms in total. The molecule has 3 aromatic rings. The Morgan fingerprint density at radius 2 is 1.61 bits per heavy atom. The summed E-state index contributed by atoms with van der Waals surface area (Å²) < 4.78 is 25.1. The van der Waals surface area contributed by atoms with E-state index >= 15 is 0 Å². The van der Waals surface area contributed by atoms with Crippen LogP contribution >= 0.6 is 0 Å². The number of nitrogens with zero attached hydrogens (tertiary/aromatic N) is 2. The highest BCUT2D eigenvalue weighted by Gasteiger charge is 2.35. The van der Waals surface area contributed by atoms with Crippen LogP contribution in [0, 0.1) is 5.82 Å². The van der Waals surface area contributed by atoms with Crippen LogP contribution in [0.2, 0.25) is 0 Å². The Balaban J connectivity index is 1.71. The fourth-order valence-electron chi connectivity index (χ4n) is 3.77. The third-order valence-corrected chi connectivity index (χ3v) is 5.40. The Hall–Kier alpha value is -4.53.